The summed E-state index contributed by atoms with van der Waals surface area (Å²) < 4.78 is 33.4. The van der Waals surface area contributed by atoms with Crippen molar-refractivity contribution in [2.24, 2.45) is 5.92 Å². The fraction of sp³-hybridized carbons (Fsp3) is 0.429. The van der Waals surface area contributed by atoms with Crippen molar-refractivity contribution in [1.82, 2.24) is 15.6 Å². The third-order valence-electron chi connectivity index (χ3n) is 5.14. The molecule has 0 amide bonds. The summed E-state index contributed by atoms with van der Waals surface area (Å²) in [6, 6.07) is 13.8. The van der Waals surface area contributed by atoms with Crippen molar-refractivity contribution in [3.05, 3.63) is 64.7 Å². The minimum Gasteiger partial charge on any atom is -0.494 e. The van der Waals surface area contributed by atoms with Crippen molar-refractivity contribution in [2.75, 3.05) is 19.7 Å². The average Bonchev–Trinajstić information content (AvgIpc) is 3.13. The lowest BCUT2D eigenvalue weighted by atomic mass is 9.95. The molecule has 1 fully saturated rings. The number of ether oxygens (including phenoxy) is 1. The maximum Gasteiger partial charge on any atom is 0.215 e. The van der Waals surface area contributed by atoms with E-state index < -0.39 is 10.0 Å². The zero-order valence-electron chi connectivity index (χ0n) is 16.7. The van der Waals surface area contributed by atoms with Gasteiger partial charge in [-0.2, -0.15) is 0 Å². The van der Waals surface area contributed by atoms with Crippen molar-refractivity contribution in [2.45, 2.75) is 32.6 Å². The lowest BCUT2D eigenvalue weighted by Crippen LogP contribution is -2.33. The van der Waals surface area contributed by atoms with E-state index in [1.807, 2.05) is 63.2 Å². The molecule has 1 saturated heterocycles. The fourth-order valence-electron chi connectivity index (χ4n) is 3.42. The van der Waals surface area contributed by atoms with E-state index in [4.69, 9.17) is 4.74 Å². The Morgan fingerprint density at radius 1 is 1.11 bits per heavy atom. The summed E-state index contributed by atoms with van der Waals surface area (Å²) in [6.07, 6.45) is 0. The molecular weight excluding hydrogens is 374 g/mol. The molecule has 2 aromatic rings. The first-order chi connectivity index (χ1) is 13.4. The Labute approximate surface area is 167 Å². The van der Waals surface area contributed by atoms with Crippen LogP contribution in [-0.4, -0.2) is 28.1 Å². The molecule has 2 aromatic carbocycles. The Balaban J connectivity index is 1.61. The Morgan fingerprint density at radius 2 is 1.86 bits per heavy atom. The molecule has 0 aliphatic carbocycles. The SMILES string of the molecule is CCOc1ccc(C2NNCC2CNS(=O)(=O)Cc2ccc(C)c(C)c2)cc1. The molecule has 1 aliphatic heterocycles. The molecule has 7 heteroatoms. The van der Waals surface area contributed by atoms with Gasteiger partial charge in [-0.25, -0.2) is 18.6 Å². The second-order valence-corrected chi connectivity index (χ2v) is 9.10. The number of sulfonamides is 1. The van der Waals surface area contributed by atoms with Crippen molar-refractivity contribution < 1.29 is 13.2 Å². The Hall–Kier alpha value is -1.93. The first-order valence-electron chi connectivity index (χ1n) is 9.62. The number of hydrogen-bond acceptors (Lipinski definition) is 5. The smallest absolute Gasteiger partial charge is 0.215 e. The molecule has 0 spiro atoms. The summed E-state index contributed by atoms with van der Waals surface area (Å²) in [7, 11) is -3.40. The average molecular weight is 404 g/mol. The Morgan fingerprint density at radius 3 is 2.54 bits per heavy atom. The zero-order valence-corrected chi connectivity index (χ0v) is 17.5. The maximum atomic E-state index is 12.5. The highest BCUT2D eigenvalue weighted by atomic mass is 32.2. The quantitative estimate of drug-likeness (QED) is 0.631. The van der Waals surface area contributed by atoms with Gasteiger partial charge in [-0.3, -0.25) is 5.43 Å². The Bertz CT molecular complexity index is 898. The van der Waals surface area contributed by atoms with Gasteiger partial charge in [0.15, 0.2) is 0 Å². The summed E-state index contributed by atoms with van der Waals surface area (Å²) in [5, 5.41) is 0. The van der Waals surface area contributed by atoms with Gasteiger partial charge < -0.3 is 4.74 Å². The largest absolute Gasteiger partial charge is 0.494 e. The van der Waals surface area contributed by atoms with Gasteiger partial charge >= 0.3 is 0 Å². The molecule has 0 radical (unpaired) electrons. The molecule has 0 aromatic heterocycles. The maximum absolute atomic E-state index is 12.5. The van der Waals surface area contributed by atoms with E-state index in [0.29, 0.717) is 19.7 Å². The first kappa shape index (κ1) is 20.8. The highest BCUT2D eigenvalue weighted by Gasteiger charge is 2.29. The van der Waals surface area contributed by atoms with Crippen LogP contribution in [0, 0.1) is 19.8 Å². The second kappa shape index (κ2) is 9.05. The number of rotatable bonds is 8. The molecular formula is C21H29N3O3S. The number of hydrogen-bond donors (Lipinski definition) is 3. The van der Waals surface area contributed by atoms with E-state index in [9.17, 15) is 8.42 Å². The molecule has 152 valence electrons. The van der Waals surface area contributed by atoms with Crippen LogP contribution < -0.4 is 20.3 Å². The van der Waals surface area contributed by atoms with E-state index in [1.54, 1.807) is 0 Å². The van der Waals surface area contributed by atoms with Crippen LogP contribution in [0.25, 0.3) is 0 Å². The molecule has 3 rings (SSSR count). The minimum absolute atomic E-state index is 0.00455. The molecule has 2 atom stereocenters. The molecule has 1 heterocycles. The van der Waals surface area contributed by atoms with Gasteiger partial charge in [0, 0.05) is 19.0 Å². The molecule has 0 bridgehead atoms. The predicted octanol–water partition coefficient (Wildman–Crippen LogP) is 2.59. The normalized spacial score (nSPS) is 19.7. The van der Waals surface area contributed by atoms with Gasteiger partial charge in [-0.1, -0.05) is 30.3 Å². The van der Waals surface area contributed by atoms with E-state index in [-0.39, 0.29) is 17.7 Å². The van der Waals surface area contributed by atoms with Crippen LogP contribution in [0.1, 0.15) is 35.2 Å². The van der Waals surface area contributed by atoms with Crippen LogP contribution in [0.2, 0.25) is 0 Å². The van der Waals surface area contributed by atoms with Gasteiger partial charge in [0.05, 0.1) is 18.4 Å². The van der Waals surface area contributed by atoms with E-state index in [1.165, 1.54) is 0 Å². The van der Waals surface area contributed by atoms with Gasteiger partial charge in [0.25, 0.3) is 0 Å². The third kappa shape index (κ3) is 5.32. The van der Waals surface area contributed by atoms with Gasteiger partial charge in [-0.15, -0.1) is 0 Å². The molecule has 6 nitrogen and oxygen atoms in total. The molecule has 28 heavy (non-hydrogen) atoms. The minimum atomic E-state index is -3.40. The van der Waals surface area contributed by atoms with Crippen molar-refractivity contribution >= 4 is 10.0 Å². The zero-order chi connectivity index (χ0) is 20.1. The van der Waals surface area contributed by atoms with Crippen LogP contribution >= 0.6 is 0 Å². The summed E-state index contributed by atoms with van der Waals surface area (Å²) in [5.41, 5.74) is 10.6. The lowest BCUT2D eigenvalue weighted by molar-refractivity contribution is 0.340. The van der Waals surface area contributed by atoms with Crippen molar-refractivity contribution in [3.63, 3.8) is 0 Å². The van der Waals surface area contributed by atoms with Crippen LogP contribution in [-0.2, 0) is 15.8 Å². The van der Waals surface area contributed by atoms with E-state index in [0.717, 1.165) is 28.0 Å². The molecule has 2 unspecified atom stereocenters. The van der Waals surface area contributed by atoms with Crippen LogP contribution in [0.4, 0.5) is 0 Å². The molecule has 1 aliphatic rings. The first-order valence-corrected chi connectivity index (χ1v) is 11.3. The number of hydrazine groups is 1. The summed E-state index contributed by atoms with van der Waals surface area (Å²) in [5.74, 6) is 0.949. The number of nitrogens with one attached hydrogen (secondary N) is 3. The summed E-state index contributed by atoms with van der Waals surface area (Å²) >= 11 is 0. The Kier molecular flexibility index (Phi) is 6.72. The molecule has 3 N–H and O–H groups in total. The highest BCUT2D eigenvalue weighted by Crippen LogP contribution is 2.26. The monoisotopic (exact) mass is 403 g/mol. The van der Waals surface area contributed by atoms with Crippen molar-refractivity contribution in [3.8, 4) is 5.75 Å². The topological polar surface area (TPSA) is 79.5 Å². The number of aryl methyl sites for hydroxylation is 2. The van der Waals surface area contributed by atoms with Gasteiger partial charge in [-0.05, 0) is 55.2 Å². The number of benzene rings is 2. The molecule has 0 saturated carbocycles. The predicted molar refractivity (Wildman–Crippen MR) is 112 cm³/mol. The van der Waals surface area contributed by atoms with Crippen LogP contribution in [0.5, 0.6) is 5.75 Å². The van der Waals surface area contributed by atoms with Crippen LogP contribution in [0.15, 0.2) is 42.5 Å². The van der Waals surface area contributed by atoms with E-state index >= 15 is 0 Å². The highest BCUT2D eigenvalue weighted by molar-refractivity contribution is 7.88. The second-order valence-electron chi connectivity index (χ2n) is 7.29. The van der Waals surface area contributed by atoms with Gasteiger partial charge in [0.2, 0.25) is 10.0 Å². The summed E-state index contributed by atoms with van der Waals surface area (Å²) in [4.78, 5) is 0. The fourth-order valence-corrected chi connectivity index (χ4v) is 4.61. The third-order valence-corrected chi connectivity index (χ3v) is 6.46. The van der Waals surface area contributed by atoms with Gasteiger partial charge in [0.1, 0.15) is 5.75 Å². The van der Waals surface area contributed by atoms with E-state index in [2.05, 4.69) is 15.6 Å². The van der Waals surface area contributed by atoms with Crippen molar-refractivity contribution in [1.29, 1.82) is 0 Å². The standard InChI is InChI=1S/C21H29N3O3S/c1-4-27-20-9-7-18(8-10-20)21-19(12-22-24-21)13-23-28(25,26)14-17-6-5-15(2)16(3)11-17/h5-11,19,21-24H,4,12-14H2,1-3H3. The summed E-state index contributed by atoms with van der Waals surface area (Å²) in [6.45, 7) is 7.68. The van der Waals surface area contributed by atoms with Crippen LogP contribution in [0.3, 0.4) is 0 Å². The lowest BCUT2D eigenvalue weighted by Gasteiger charge is -2.20.